The summed E-state index contributed by atoms with van der Waals surface area (Å²) < 4.78 is 13.4. The zero-order valence-electron chi connectivity index (χ0n) is 15.8. The van der Waals surface area contributed by atoms with Gasteiger partial charge in [0.05, 0.1) is 0 Å². The third-order valence-electron chi connectivity index (χ3n) is 5.28. The van der Waals surface area contributed by atoms with Crippen LogP contribution < -0.4 is 0 Å². The van der Waals surface area contributed by atoms with Gasteiger partial charge in [-0.2, -0.15) is 0 Å². The smallest absolute Gasteiger partial charge is 0.223 e. The molecule has 0 atom stereocenters. The molecular weight excluding hydrogens is 391 g/mol. The van der Waals surface area contributed by atoms with Crippen LogP contribution in [-0.2, 0) is 4.79 Å². The van der Waals surface area contributed by atoms with Crippen LogP contribution >= 0.6 is 11.6 Å². The van der Waals surface area contributed by atoms with Crippen LogP contribution in [0.3, 0.4) is 0 Å². The Bertz CT molecular complexity index is 1100. The second-order valence-corrected chi connectivity index (χ2v) is 7.58. The minimum Gasteiger partial charge on any atom is -0.360 e. The Kier molecular flexibility index (Phi) is 5.49. The van der Waals surface area contributed by atoms with Gasteiger partial charge in [-0.25, -0.2) is 4.39 Å². The number of aromatic amines is 1. The number of benzene rings is 2. The fraction of sp³-hybridized carbons (Fsp3) is 0.217. The number of amides is 1. The molecule has 1 amide bonds. The molecule has 4 nitrogen and oxygen atoms in total. The number of H-pyrrole nitrogens is 1. The fourth-order valence-corrected chi connectivity index (χ4v) is 3.79. The molecule has 0 bridgehead atoms. The Morgan fingerprint density at radius 3 is 2.62 bits per heavy atom. The molecule has 0 spiro atoms. The number of Topliss-reactive ketones (excluding diaryl/α,β-unsaturated/α-hetero) is 1. The number of hydrogen-bond donors (Lipinski definition) is 1. The lowest BCUT2D eigenvalue weighted by atomic mass is 9.98. The topological polar surface area (TPSA) is 53.2 Å². The van der Waals surface area contributed by atoms with Crippen molar-refractivity contribution in [1.29, 1.82) is 0 Å². The highest BCUT2D eigenvalue weighted by Gasteiger charge is 2.20. The monoisotopic (exact) mass is 410 g/mol. The van der Waals surface area contributed by atoms with Crippen molar-refractivity contribution in [1.82, 2.24) is 9.88 Å². The first-order valence-electron chi connectivity index (χ1n) is 9.54. The molecule has 0 saturated heterocycles. The molecule has 6 heteroatoms. The van der Waals surface area contributed by atoms with E-state index in [1.807, 2.05) is 12.3 Å². The average molecular weight is 411 g/mol. The van der Waals surface area contributed by atoms with Crippen molar-refractivity contribution in [2.24, 2.45) is 0 Å². The Hall–Kier alpha value is -2.92. The maximum Gasteiger partial charge on any atom is 0.223 e. The Morgan fingerprint density at radius 2 is 1.90 bits per heavy atom. The highest BCUT2D eigenvalue weighted by Crippen LogP contribution is 2.29. The van der Waals surface area contributed by atoms with Crippen LogP contribution in [0.15, 0.2) is 54.7 Å². The summed E-state index contributed by atoms with van der Waals surface area (Å²) in [5.74, 6) is -0.355. The van der Waals surface area contributed by atoms with Crippen molar-refractivity contribution in [3.63, 3.8) is 0 Å². The molecule has 29 heavy (non-hydrogen) atoms. The number of rotatable bonds is 5. The average Bonchev–Trinajstić information content (AvgIpc) is 3.15. The van der Waals surface area contributed by atoms with Gasteiger partial charge in [0.2, 0.25) is 5.91 Å². The van der Waals surface area contributed by atoms with Gasteiger partial charge in [-0.1, -0.05) is 17.7 Å². The van der Waals surface area contributed by atoms with Gasteiger partial charge in [0, 0.05) is 59.2 Å². The summed E-state index contributed by atoms with van der Waals surface area (Å²) in [5.41, 5.74) is 3.52. The number of carbonyl (C=O) groups is 2. The van der Waals surface area contributed by atoms with E-state index in [9.17, 15) is 14.0 Å². The van der Waals surface area contributed by atoms with Crippen LogP contribution in [0.5, 0.6) is 0 Å². The van der Waals surface area contributed by atoms with Crippen LogP contribution in [0.1, 0.15) is 35.2 Å². The predicted molar refractivity (Wildman–Crippen MR) is 112 cm³/mol. The fourth-order valence-electron chi connectivity index (χ4n) is 3.66. The van der Waals surface area contributed by atoms with Gasteiger partial charge >= 0.3 is 0 Å². The van der Waals surface area contributed by atoms with Crippen molar-refractivity contribution in [3.8, 4) is 0 Å². The SMILES string of the molecule is O=C(CCC(=O)N1CC=C(c2c[nH]c3cc(F)ccc23)CC1)c1ccc(Cl)cc1. The summed E-state index contributed by atoms with van der Waals surface area (Å²) in [6, 6.07) is 11.4. The van der Waals surface area contributed by atoms with Crippen molar-refractivity contribution < 1.29 is 14.0 Å². The van der Waals surface area contributed by atoms with Crippen LogP contribution in [0.4, 0.5) is 4.39 Å². The first-order valence-corrected chi connectivity index (χ1v) is 9.91. The Labute approximate surface area is 173 Å². The molecule has 0 unspecified atom stereocenters. The first kappa shape index (κ1) is 19.4. The third-order valence-corrected chi connectivity index (χ3v) is 5.54. The first-order chi connectivity index (χ1) is 14.0. The van der Waals surface area contributed by atoms with E-state index in [0.717, 1.165) is 28.5 Å². The van der Waals surface area contributed by atoms with E-state index in [4.69, 9.17) is 11.6 Å². The lowest BCUT2D eigenvalue weighted by Gasteiger charge is -2.26. The summed E-state index contributed by atoms with van der Waals surface area (Å²) in [6.45, 7) is 1.12. The highest BCUT2D eigenvalue weighted by atomic mass is 35.5. The van der Waals surface area contributed by atoms with Crippen molar-refractivity contribution >= 4 is 39.8 Å². The van der Waals surface area contributed by atoms with Crippen LogP contribution in [0.25, 0.3) is 16.5 Å². The highest BCUT2D eigenvalue weighted by molar-refractivity contribution is 6.30. The second kappa shape index (κ2) is 8.21. The molecule has 1 aromatic heterocycles. The van der Waals surface area contributed by atoms with Crippen molar-refractivity contribution in [2.45, 2.75) is 19.3 Å². The number of halogens is 2. The molecule has 3 aromatic rings. The molecule has 0 aliphatic carbocycles. The van der Waals surface area contributed by atoms with E-state index in [2.05, 4.69) is 4.98 Å². The van der Waals surface area contributed by atoms with Crippen LogP contribution in [0.2, 0.25) is 5.02 Å². The summed E-state index contributed by atoms with van der Waals surface area (Å²) >= 11 is 5.84. The maximum absolute atomic E-state index is 13.4. The lowest BCUT2D eigenvalue weighted by molar-refractivity contribution is -0.130. The summed E-state index contributed by atoms with van der Waals surface area (Å²) in [7, 11) is 0. The van der Waals surface area contributed by atoms with Crippen LogP contribution in [0, 0.1) is 5.82 Å². The van der Waals surface area contributed by atoms with Gasteiger partial charge in [-0.3, -0.25) is 9.59 Å². The maximum atomic E-state index is 13.4. The number of nitrogens with zero attached hydrogens (tertiary/aromatic N) is 1. The molecule has 0 radical (unpaired) electrons. The van der Waals surface area contributed by atoms with E-state index < -0.39 is 0 Å². The molecule has 0 fully saturated rings. The van der Waals surface area contributed by atoms with E-state index in [-0.39, 0.29) is 30.3 Å². The van der Waals surface area contributed by atoms with E-state index in [1.165, 1.54) is 12.1 Å². The lowest BCUT2D eigenvalue weighted by Crippen LogP contribution is -2.34. The molecule has 1 N–H and O–H groups in total. The number of carbonyl (C=O) groups excluding carboxylic acids is 2. The summed E-state index contributed by atoms with van der Waals surface area (Å²) in [6.07, 6.45) is 5.02. The van der Waals surface area contributed by atoms with Gasteiger partial charge in [0.1, 0.15) is 5.82 Å². The van der Waals surface area contributed by atoms with E-state index in [1.54, 1.807) is 35.2 Å². The van der Waals surface area contributed by atoms with Crippen LogP contribution in [-0.4, -0.2) is 34.7 Å². The molecule has 1 aliphatic heterocycles. The van der Waals surface area contributed by atoms with E-state index in [0.29, 0.717) is 23.7 Å². The minimum absolute atomic E-state index is 0.0244. The van der Waals surface area contributed by atoms with E-state index >= 15 is 0 Å². The number of hydrogen-bond acceptors (Lipinski definition) is 2. The molecule has 1 aliphatic rings. The standard InChI is InChI=1S/C23H20ClFN2O2/c24-17-3-1-16(2-4-17)22(28)7-8-23(29)27-11-9-15(10-12-27)20-14-26-21-13-18(25)5-6-19(20)21/h1-6,9,13-14,26H,7-8,10-12H2. The quantitative estimate of drug-likeness (QED) is 0.585. The van der Waals surface area contributed by atoms with Gasteiger partial charge in [-0.15, -0.1) is 0 Å². The molecule has 0 saturated carbocycles. The Balaban J connectivity index is 1.36. The molecule has 4 rings (SSSR count). The third kappa shape index (κ3) is 4.25. The van der Waals surface area contributed by atoms with Gasteiger partial charge < -0.3 is 9.88 Å². The Morgan fingerprint density at radius 1 is 1.10 bits per heavy atom. The van der Waals surface area contributed by atoms with Gasteiger partial charge in [-0.05, 0) is 54.5 Å². The molecule has 2 aromatic carbocycles. The molecule has 148 valence electrons. The van der Waals surface area contributed by atoms with Gasteiger partial charge in [0.15, 0.2) is 5.78 Å². The van der Waals surface area contributed by atoms with Crippen molar-refractivity contribution in [2.75, 3.05) is 13.1 Å². The molecular formula is C23H20ClFN2O2. The largest absolute Gasteiger partial charge is 0.360 e. The normalized spacial score (nSPS) is 14.1. The number of aromatic nitrogens is 1. The van der Waals surface area contributed by atoms with Gasteiger partial charge in [0.25, 0.3) is 0 Å². The summed E-state index contributed by atoms with van der Waals surface area (Å²) in [5, 5.41) is 1.56. The molecule has 2 heterocycles. The predicted octanol–water partition coefficient (Wildman–Crippen LogP) is 5.24. The number of nitrogens with one attached hydrogen (secondary N) is 1. The second-order valence-electron chi connectivity index (χ2n) is 7.14. The zero-order chi connectivity index (χ0) is 20.4. The zero-order valence-corrected chi connectivity index (χ0v) is 16.5. The number of fused-ring (bicyclic) bond motifs is 1. The minimum atomic E-state index is -0.270. The van der Waals surface area contributed by atoms with Crippen molar-refractivity contribution in [3.05, 3.63) is 76.7 Å². The number of ketones is 1. The summed E-state index contributed by atoms with van der Waals surface area (Å²) in [4.78, 5) is 29.6.